The first-order chi connectivity index (χ1) is 4.43. The molecule has 3 heteroatoms. The van der Waals surface area contributed by atoms with Crippen LogP contribution in [0.15, 0.2) is 30.3 Å². The number of rotatable bonds is 2. The molecule has 1 nitrogen and oxygen atoms in total. The van der Waals surface area contributed by atoms with Crippen molar-refractivity contribution in [2.45, 2.75) is 0 Å². The van der Waals surface area contributed by atoms with Crippen LogP contribution in [0.1, 0.15) is 0 Å². The molecule has 9 heavy (non-hydrogen) atoms. The lowest BCUT2D eigenvalue weighted by atomic mass is 10.4. The Morgan fingerprint density at radius 1 is 1.22 bits per heavy atom. The Labute approximate surface area is 59.7 Å². The summed E-state index contributed by atoms with van der Waals surface area (Å²) in [6.07, 6.45) is 0. The van der Waals surface area contributed by atoms with Crippen LogP contribution in [0.5, 0.6) is 0 Å². The third kappa shape index (κ3) is 2.27. The van der Waals surface area contributed by atoms with Gasteiger partial charge in [0.05, 0.1) is 0 Å². The fraction of sp³-hybridized carbons (Fsp3) is 0. The molecule has 0 N–H and O–H groups in total. The fourth-order valence-electron chi connectivity index (χ4n) is 0.574. The van der Waals surface area contributed by atoms with Crippen molar-refractivity contribution in [2.24, 2.45) is 0 Å². The van der Waals surface area contributed by atoms with Crippen LogP contribution in [0, 0.1) is 0 Å². The Hall–Kier alpha value is -0.173. The van der Waals surface area contributed by atoms with Gasteiger partial charge in [0.2, 0.25) is 0 Å². The molecule has 0 fully saturated rings. The van der Waals surface area contributed by atoms with Crippen LogP contribution >= 0.6 is 9.47 Å². The molecular formula is C6H7OPSi. The molecule has 0 saturated carbocycles. The van der Waals surface area contributed by atoms with Crippen molar-refractivity contribution in [1.29, 1.82) is 0 Å². The number of hydrogen-bond acceptors (Lipinski definition) is 1. The molecule has 0 bridgehead atoms. The molecule has 1 atom stereocenters. The molecular weight excluding hydrogens is 147 g/mol. The topological polar surface area (TPSA) is 9.23 Å². The zero-order chi connectivity index (χ0) is 6.53. The number of hydrogen-bond donors (Lipinski definition) is 0. The highest BCUT2D eigenvalue weighted by Gasteiger charge is 1.88. The lowest BCUT2D eigenvalue weighted by Gasteiger charge is -1.92. The largest absolute Gasteiger partial charge is 0.396 e. The van der Waals surface area contributed by atoms with Gasteiger partial charge in [-0.05, 0) is 14.7 Å². The first kappa shape index (κ1) is 6.94. The minimum Gasteiger partial charge on any atom is -0.396 e. The second-order valence-corrected chi connectivity index (χ2v) is 3.31. The normalized spacial score (nSPS) is 9.44. The van der Waals surface area contributed by atoms with Crippen molar-refractivity contribution >= 4 is 24.4 Å². The van der Waals surface area contributed by atoms with Gasteiger partial charge < -0.3 is 4.21 Å². The van der Waals surface area contributed by atoms with Gasteiger partial charge in [0, 0.05) is 0 Å². The molecule has 1 aromatic rings. The van der Waals surface area contributed by atoms with Crippen molar-refractivity contribution in [3.63, 3.8) is 0 Å². The summed E-state index contributed by atoms with van der Waals surface area (Å²) in [6.45, 7) is 0. The standard InChI is InChI=1S/C6H7OPSi/c8-7-9-6-4-2-1-3-5-6/h1-5H,8H2. The fourth-order valence-corrected chi connectivity index (χ4v) is 1.45. The van der Waals surface area contributed by atoms with Crippen LogP contribution in [0.25, 0.3) is 0 Å². The molecule has 0 heterocycles. The van der Waals surface area contributed by atoms with Gasteiger partial charge in [0.1, 0.15) is 0 Å². The zero-order valence-corrected chi connectivity index (χ0v) is 7.03. The average Bonchev–Trinajstić information content (AvgIpc) is 1.91. The summed E-state index contributed by atoms with van der Waals surface area (Å²) in [5, 5.41) is 1.23. The van der Waals surface area contributed by atoms with Crippen LogP contribution in [-0.2, 0) is 4.21 Å². The highest BCUT2D eigenvalue weighted by Crippen LogP contribution is 1.84. The van der Waals surface area contributed by atoms with Crippen molar-refractivity contribution < 1.29 is 4.21 Å². The third-order valence-corrected chi connectivity index (χ3v) is 1.99. The maximum atomic E-state index is 4.87. The van der Waals surface area contributed by atoms with Gasteiger partial charge in [-0.1, -0.05) is 30.3 Å². The van der Waals surface area contributed by atoms with E-state index in [9.17, 15) is 0 Å². The van der Waals surface area contributed by atoms with Gasteiger partial charge in [-0.3, -0.25) is 0 Å². The molecule has 0 saturated heterocycles. The zero-order valence-electron chi connectivity index (χ0n) is 4.87. The first-order valence-electron chi connectivity index (χ1n) is 2.60. The SMILES string of the molecule is PO[Si]c1ccccc1. The molecule has 0 aliphatic heterocycles. The first-order valence-corrected chi connectivity index (χ1v) is 3.98. The lowest BCUT2D eigenvalue weighted by Crippen LogP contribution is -2.12. The Morgan fingerprint density at radius 2 is 1.89 bits per heavy atom. The molecule has 0 amide bonds. The predicted molar refractivity (Wildman–Crippen MR) is 42.6 cm³/mol. The van der Waals surface area contributed by atoms with E-state index >= 15 is 0 Å². The summed E-state index contributed by atoms with van der Waals surface area (Å²) in [4.78, 5) is 0. The van der Waals surface area contributed by atoms with Gasteiger partial charge in [0.25, 0.3) is 9.76 Å². The summed E-state index contributed by atoms with van der Waals surface area (Å²) in [6, 6.07) is 10.1. The van der Waals surface area contributed by atoms with E-state index in [2.05, 4.69) is 9.47 Å². The Bertz CT molecular complexity index is 166. The van der Waals surface area contributed by atoms with Gasteiger partial charge in [-0.2, -0.15) is 0 Å². The van der Waals surface area contributed by atoms with E-state index in [1.165, 1.54) is 5.19 Å². The second-order valence-electron chi connectivity index (χ2n) is 1.59. The minimum absolute atomic E-state index is 0.450. The minimum atomic E-state index is 0.450. The average molecular weight is 154 g/mol. The summed E-state index contributed by atoms with van der Waals surface area (Å²) in [7, 11) is 2.69. The summed E-state index contributed by atoms with van der Waals surface area (Å²) < 4.78 is 4.87. The highest BCUT2D eigenvalue weighted by atomic mass is 31.0. The summed E-state index contributed by atoms with van der Waals surface area (Å²) in [5.74, 6) is 0. The van der Waals surface area contributed by atoms with Crippen molar-refractivity contribution in [3.05, 3.63) is 30.3 Å². The van der Waals surface area contributed by atoms with Gasteiger partial charge >= 0.3 is 0 Å². The monoisotopic (exact) mass is 154 g/mol. The predicted octanol–water partition coefficient (Wildman–Crippen LogP) is 0.738. The van der Waals surface area contributed by atoms with Gasteiger partial charge in [0.15, 0.2) is 0 Å². The maximum Gasteiger partial charge on any atom is 0.274 e. The molecule has 0 aliphatic rings. The summed E-state index contributed by atoms with van der Waals surface area (Å²) >= 11 is 0. The van der Waals surface area contributed by atoms with Crippen molar-refractivity contribution in [1.82, 2.24) is 0 Å². The van der Waals surface area contributed by atoms with E-state index in [-0.39, 0.29) is 0 Å². The molecule has 2 radical (unpaired) electrons. The van der Waals surface area contributed by atoms with Gasteiger partial charge in [-0.25, -0.2) is 0 Å². The van der Waals surface area contributed by atoms with Crippen LogP contribution < -0.4 is 5.19 Å². The third-order valence-electron chi connectivity index (χ3n) is 0.951. The highest BCUT2D eigenvalue weighted by molar-refractivity contribution is 7.12. The van der Waals surface area contributed by atoms with E-state index in [1.807, 2.05) is 30.3 Å². The molecule has 0 aromatic heterocycles. The van der Waals surface area contributed by atoms with Crippen LogP contribution in [0.3, 0.4) is 0 Å². The van der Waals surface area contributed by atoms with E-state index in [0.29, 0.717) is 9.76 Å². The lowest BCUT2D eigenvalue weighted by molar-refractivity contribution is 0.710. The maximum absolute atomic E-state index is 4.87. The van der Waals surface area contributed by atoms with Crippen molar-refractivity contribution in [2.75, 3.05) is 0 Å². The molecule has 1 rings (SSSR count). The van der Waals surface area contributed by atoms with E-state index < -0.39 is 0 Å². The van der Waals surface area contributed by atoms with E-state index in [0.717, 1.165) is 0 Å². The molecule has 46 valence electrons. The van der Waals surface area contributed by atoms with Crippen LogP contribution in [0.4, 0.5) is 0 Å². The second kappa shape index (κ2) is 3.78. The smallest absolute Gasteiger partial charge is 0.274 e. The number of benzene rings is 1. The molecule has 0 aliphatic carbocycles. The van der Waals surface area contributed by atoms with Crippen molar-refractivity contribution in [3.8, 4) is 0 Å². The molecule has 1 aromatic carbocycles. The Balaban J connectivity index is 2.61. The van der Waals surface area contributed by atoms with Crippen LogP contribution in [-0.4, -0.2) is 9.76 Å². The van der Waals surface area contributed by atoms with Crippen LogP contribution in [0.2, 0.25) is 0 Å². The van der Waals surface area contributed by atoms with Gasteiger partial charge in [-0.15, -0.1) is 0 Å². The van der Waals surface area contributed by atoms with E-state index in [1.54, 1.807) is 0 Å². The molecule has 1 unspecified atom stereocenters. The quantitative estimate of drug-likeness (QED) is 0.451. The Kier molecular flexibility index (Phi) is 2.91. The Morgan fingerprint density at radius 3 is 2.44 bits per heavy atom. The summed E-state index contributed by atoms with van der Waals surface area (Å²) in [5.41, 5.74) is 0. The molecule has 0 spiro atoms. The van der Waals surface area contributed by atoms with E-state index in [4.69, 9.17) is 4.21 Å².